The first-order valence-electron chi connectivity index (χ1n) is 8.45. The second-order valence-corrected chi connectivity index (χ2v) is 6.12. The number of halogens is 1. The first-order chi connectivity index (χ1) is 13.0. The highest BCUT2D eigenvalue weighted by molar-refractivity contribution is 6.39. The van der Waals surface area contributed by atoms with Crippen molar-refractivity contribution in [2.24, 2.45) is 5.73 Å². The molecule has 0 bridgehead atoms. The van der Waals surface area contributed by atoms with Gasteiger partial charge in [-0.15, -0.1) is 0 Å². The Labute approximate surface area is 155 Å². The molecule has 0 radical (unpaired) electrons. The van der Waals surface area contributed by atoms with Gasteiger partial charge < -0.3 is 20.9 Å². The van der Waals surface area contributed by atoms with Gasteiger partial charge in [-0.05, 0) is 36.4 Å². The zero-order chi connectivity index (χ0) is 19.4. The molecule has 7 nitrogen and oxygen atoms in total. The van der Waals surface area contributed by atoms with Gasteiger partial charge in [-0.25, -0.2) is 4.39 Å². The number of benzene rings is 2. The molecule has 0 spiro atoms. The van der Waals surface area contributed by atoms with E-state index in [4.69, 9.17) is 5.73 Å². The van der Waals surface area contributed by atoms with Gasteiger partial charge in [0.1, 0.15) is 5.82 Å². The fourth-order valence-corrected chi connectivity index (χ4v) is 2.95. The fourth-order valence-electron chi connectivity index (χ4n) is 2.95. The number of hydrogen-bond donors (Lipinski definition) is 2. The number of nitrogens with one attached hydrogen (secondary N) is 1. The summed E-state index contributed by atoms with van der Waals surface area (Å²) in [4.78, 5) is 39.5. The first kappa shape index (κ1) is 18.4. The molecule has 0 saturated carbocycles. The van der Waals surface area contributed by atoms with Crippen LogP contribution in [0.25, 0.3) is 0 Å². The first-order valence-corrected chi connectivity index (χ1v) is 8.45. The normalized spacial score (nSPS) is 14.0. The molecule has 1 saturated heterocycles. The van der Waals surface area contributed by atoms with E-state index >= 15 is 0 Å². The minimum Gasteiger partial charge on any atom is -0.368 e. The van der Waals surface area contributed by atoms with Crippen LogP contribution in [0.15, 0.2) is 48.5 Å². The fraction of sp³-hybridized carbons (Fsp3) is 0.211. The Kier molecular flexibility index (Phi) is 5.35. The number of anilines is 2. The molecule has 1 aliphatic heterocycles. The molecule has 3 rings (SSSR count). The quantitative estimate of drug-likeness (QED) is 0.794. The van der Waals surface area contributed by atoms with Crippen LogP contribution in [-0.4, -0.2) is 48.8 Å². The van der Waals surface area contributed by atoms with Gasteiger partial charge in [0.25, 0.3) is 5.91 Å². The molecule has 0 aromatic heterocycles. The number of primary amides is 1. The van der Waals surface area contributed by atoms with Crippen molar-refractivity contribution in [1.82, 2.24) is 4.90 Å². The Balaban J connectivity index is 1.60. The van der Waals surface area contributed by atoms with E-state index in [9.17, 15) is 18.8 Å². The predicted molar refractivity (Wildman–Crippen MR) is 98.8 cm³/mol. The molecule has 8 heteroatoms. The lowest BCUT2D eigenvalue weighted by molar-refractivity contribution is -0.143. The van der Waals surface area contributed by atoms with Gasteiger partial charge in [0.05, 0.1) is 11.3 Å². The number of piperazine rings is 1. The summed E-state index contributed by atoms with van der Waals surface area (Å²) in [5, 5.41) is 2.45. The van der Waals surface area contributed by atoms with Crippen LogP contribution in [0.2, 0.25) is 0 Å². The van der Waals surface area contributed by atoms with E-state index < -0.39 is 17.7 Å². The minimum atomic E-state index is -0.820. The highest BCUT2D eigenvalue weighted by atomic mass is 19.1. The van der Waals surface area contributed by atoms with Crippen LogP contribution >= 0.6 is 0 Å². The number of carbonyl (C=O) groups excluding carboxylic acids is 3. The average Bonchev–Trinajstić information content (AvgIpc) is 2.68. The Hall–Kier alpha value is -3.42. The summed E-state index contributed by atoms with van der Waals surface area (Å²) in [6, 6.07) is 12.4. The van der Waals surface area contributed by atoms with Crippen LogP contribution in [0.3, 0.4) is 0 Å². The molecule has 1 fully saturated rings. The van der Waals surface area contributed by atoms with Crippen molar-refractivity contribution in [3.05, 3.63) is 59.9 Å². The second kappa shape index (κ2) is 7.86. The van der Waals surface area contributed by atoms with Crippen LogP contribution in [0.5, 0.6) is 0 Å². The lowest BCUT2D eigenvalue weighted by atomic mass is 10.1. The van der Waals surface area contributed by atoms with Crippen LogP contribution in [0, 0.1) is 5.82 Å². The van der Waals surface area contributed by atoms with Gasteiger partial charge in [-0.2, -0.15) is 0 Å². The third-order valence-electron chi connectivity index (χ3n) is 4.39. The Morgan fingerprint density at radius 3 is 2.19 bits per heavy atom. The van der Waals surface area contributed by atoms with E-state index in [2.05, 4.69) is 5.32 Å². The maximum Gasteiger partial charge on any atom is 0.313 e. The highest BCUT2D eigenvalue weighted by Crippen LogP contribution is 2.18. The van der Waals surface area contributed by atoms with Crippen molar-refractivity contribution < 1.29 is 18.8 Å². The number of hydrogen-bond acceptors (Lipinski definition) is 4. The number of para-hydroxylation sites is 1. The molecule has 1 aliphatic rings. The molecule has 3 amide bonds. The summed E-state index contributed by atoms with van der Waals surface area (Å²) in [5.74, 6) is -2.49. The van der Waals surface area contributed by atoms with Crippen LogP contribution in [-0.2, 0) is 9.59 Å². The van der Waals surface area contributed by atoms with E-state index in [1.54, 1.807) is 24.3 Å². The Morgan fingerprint density at radius 1 is 0.926 bits per heavy atom. The largest absolute Gasteiger partial charge is 0.368 e. The number of carbonyl (C=O) groups is 3. The average molecular weight is 370 g/mol. The summed E-state index contributed by atoms with van der Waals surface area (Å²) in [5.41, 5.74) is 6.48. The molecule has 2 aromatic carbocycles. The highest BCUT2D eigenvalue weighted by Gasteiger charge is 2.26. The predicted octanol–water partition coefficient (Wildman–Crippen LogP) is 1.21. The summed E-state index contributed by atoms with van der Waals surface area (Å²) < 4.78 is 13.0. The molecular weight excluding hydrogens is 351 g/mol. The van der Waals surface area contributed by atoms with E-state index in [-0.39, 0.29) is 17.1 Å². The minimum absolute atomic E-state index is 0.139. The Bertz CT molecular complexity index is 862. The third kappa shape index (κ3) is 4.22. The second-order valence-electron chi connectivity index (χ2n) is 6.12. The molecule has 27 heavy (non-hydrogen) atoms. The van der Waals surface area contributed by atoms with Gasteiger partial charge in [0, 0.05) is 31.9 Å². The van der Waals surface area contributed by atoms with Crippen LogP contribution < -0.4 is 16.0 Å². The summed E-state index contributed by atoms with van der Waals surface area (Å²) in [6.07, 6.45) is 0. The number of nitrogens with zero attached hydrogens (tertiary/aromatic N) is 2. The topological polar surface area (TPSA) is 95.7 Å². The van der Waals surface area contributed by atoms with Crippen molar-refractivity contribution in [2.75, 3.05) is 36.4 Å². The number of rotatable bonds is 3. The SMILES string of the molecule is NC(=O)c1ccccc1NC(=O)C(=O)N1CCN(c2ccc(F)cc2)CC1. The van der Waals surface area contributed by atoms with Crippen molar-refractivity contribution in [2.45, 2.75) is 0 Å². The van der Waals surface area contributed by atoms with Crippen LogP contribution in [0.4, 0.5) is 15.8 Å². The van der Waals surface area contributed by atoms with Gasteiger partial charge >= 0.3 is 11.8 Å². The lowest BCUT2D eigenvalue weighted by Gasteiger charge is -2.35. The van der Waals surface area contributed by atoms with Gasteiger partial charge in [-0.1, -0.05) is 12.1 Å². The number of nitrogens with two attached hydrogens (primary N) is 1. The van der Waals surface area contributed by atoms with Crippen LogP contribution in [0.1, 0.15) is 10.4 Å². The maximum atomic E-state index is 13.0. The summed E-state index contributed by atoms with van der Waals surface area (Å²) in [7, 11) is 0. The Morgan fingerprint density at radius 2 is 1.56 bits per heavy atom. The monoisotopic (exact) mass is 370 g/mol. The van der Waals surface area contributed by atoms with E-state index in [0.717, 1.165) is 5.69 Å². The summed E-state index contributed by atoms with van der Waals surface area (Å²) in [6.45, 7) is 1.78. The van der Waals surface area contributed by atoms with Crippen molar-refractivity contribution in [1.29, 1.82) is 0 Å². The molecule has 0 unspecified atom stereocenters. The molecule has 2 aromatic rings. The maximum absolute atomic E-state index is 13.0. The molecule has 0 atom stereocenters. The van der Waals surface area contributed by atoms with Gasteiger partial charge in [0.2, 0.25) is 0 Å². The van der Waals surface area contributed by atoms with E-state index in [1.165, 1.54) is 29.2 Å². The molecule has 1 heterocycles. The lowest BCUT2D eigenvalue weighted by Crippen LogP contribution is -2.51. The zero-order valence-corrected chi connectivity index (χ0v) is 14.5. The van der Waals surface area contributed by atoms with Crippen molar-refractivity contribution in [3.63, 3.8) is 0 Å². The van der Waals surface area contributed by atoms with Gasteiger partial charge in [0.15, 0.2) is 0 Å². The third-order valence-corrected chi connectivity index (χ3v) is 4.39. The molecule has 0 aliphatic carbocycles. The molecule has 140 valence electrons. The standard InChI is InChI=1S/C19H19FN4O3/c20-13-5-7-14(8-6-13)23-9-11-24(12-10-23)19(27)18(26)22-16-4-2-1-3-15(16)17(21)25/h1-8H,9-12H2,(H2,21,25)(H,22,26). The van der Waals surface area contributed by atoms with E-state index in [0.29, 0.717) is 26.2 Å². The molecular formula is C19H19FN4O3. The number of amides is 3. The van der Waals surface area contributed by atoms with Crippen molar-refractivity contribution >= 4 is 29.1 Å². The van der Waals surface area contributed by atoms with E-state index in [1.807, 2.05) is 4.90 Å². The van der Waals surface area contributed by atoms with Gasteiger partial charge in [-0.3, -0.25) is 14.4 Å². The zero-order valence-electron chi connectivity index (χ0n) is 14.5. The molecule has 3 N–H and O–H groups in total. The van der Waals surface area contributed by atoms with Crippen molar-refractivity contribution in [3.8, 4) is 0 Å². The summed E-state index contributed by atoms with van der Waals surface area (Å²) >= 11 is 0. The smallest absolute Gasteiger partial charge is 0.313 e.